The number of nitrogens with zero attached hydrogens (tertiary/aromatic N) is 4. The molecule has 1 saturated heterocycles. The van der Waals surface area contributed by atoms with E-state index in [0.717, 1.165) is 18.2 Å². The van der Waals surface area contributed by atoms with Gasteiger partial charge in [0, 0.05) is 36.8 Å². The van der Waals surface area contributed by atoms with Crippen LogP contribution in [0.15, 0.2) is 48.5 Å². The predicted molar refractivity (Wildman–Crippen MR) is 134 cm³/mol. The second-order valence-corrected chi connectivity index (χ2v) is 9.90. The first kappa shape index (κ1) is 26.7. The fourth-order valence-corrected chi connectivity index (χ4v) is 4.78. The molecule has 1 fully saturated rings. The lowest BCUT2D eigenvalue weighted by Gasteiger charge is -2.37. The van der Waals surface area contributed by atoms with Crippen molar-refractivity contribution in [2.45, 2.75) is 25.7 Å². The van der Waals surface area contributed by atoms with Gasteiger partial charge >= 0.3 is 6.36 Å². The van der Waals surface area contributed by atoms with Gasteiger partial charge < -0.3 is 15.0 Å². The van der Waals surface area contributed by atoms with Gasteiger partial charge in [-0.25, -0.2) is 0 Å². The molecule has 37 heavy (non-hydrogen) atoms. The van der Waals surface area contributed by atoms with E-state index in [1.165, 1.54) is 23.5 Å². The van der Waals surface area contributed by atoms with E-state index in [2.05, 4.69) is 25.2 Å². The van der Waals surface area contributed by atoms with Gasteiger partial charge in [-0.1, -0.05) is 41.7 Å². The van der Waals surface area contributed by atoms with Gasteiger partial charge in [0.2, 0.25) is 5.91 Å². The molecule has 1 amide bonds. The quantitative estimate of drug-likeness (QED) is 0.436. The number of nitrogens with one attached hydrogen (secondary N) is 1. The Labute approximate surface area is 216 Å². The van der Waals surface area contributed by atoms with Crippen LogP contribution >= 0.6 is 11.3 Å². The number of amides is 1. The Morgan fingerprint density at radius 1 is 1.14 bits per heavy atom. The van der Waals surface area contributed by atoms with Gasteiger partial charge in [0.05, 0.1) is 18.7 Å². The SMILES string of the molecule is CC1CN(CC(=O)Nc2cc(C(=O)Cc3nnc(-c4ccccc4)s3)ccc2OC(F)(F)F)CCN1C. The van der Waals surface area contributed by atoms with Crippen molar-refractivity contribution < 1.29 is 27.5 Å². The summed E-state index contributed by atoms with van der Waals surface area (Å²) in [5.74, 6) is -1.46. The summed E-state index contributed by atoms with van der Waals surface area (Å²) < 4.78 is 43.0. The minimum atomic E-state index is -4.96. The van der Waals surface area contributed by atoms with Gasteiger partial charge in [-0.2, -0.15) is 0 Å². The second-order valence-electron chi connectivity index (χ2n) is 8.84. The summed E-state index contributed by atoms with van der Waals surface area (Å²) in [7, 11) is 2.00. The Balaban J connectivity index is 1.48. The van der Waals surface area contributed by atoms with Crippen LogP contribution in [0.2, 0.25) is 0 Å². The normalized spacial score (nSPS) is 16.9. The topological polar surface area (TPSA) is 87.7 Å². The highest BCUT2D eigenvalue weighted by Gasteiger charge is 2.33. The van der Waals surface area contributed by atoms with E-state index in [9.17, 15) is 22.8 Å². The molecule has 0 radical (unpaired) electrons. The molecule has 4 rings (SSSR count). The Hall–Kier alpha value is -3.35. The van der Waals surface area contributed by atoms with Crippen LogP contribution < -0.4 is 10.1 Å². The molecule has 1 aliphatic rings. The summed E-state index contributed by atoms with van der Waals surface area (Å²) in [5, 5.41) is 11.8. The largest absolute Gasteiger partial charge is 0.573 e. The molecule has 1 atom stereocenters. The molecule has 0 spiro atoms. The first-order valence-corrected chi connectivity index (χ1v) is 12.4. The monoisotopic (exact) mass is 533 g/mol. The van der Waals surface area contributed by atoms with Crippen molar-refractivity contribution in [2.75, 3.05) is 38.5 Å². The molecule has 0 aliphatic carbocycles. The molecule has 1 N–H and O–H groups in total. The highest BCUT2D eigenvalue weighted by molar-refractivity contribution is 7.14. The third-order valence-electron chi connectivity index (χ3n) is 6.01. The molecule has 12 heteroatoms. The molecule has 1 aliphatic heterocycles. The van der Waals surface area contributed by atoms with Gasteiger partial charge in [0.1, 0.15) is 10.0 Å². The standard InChI is InChI=1S/C25H26F3N5O3S/c1-16-14-33(11-10-32(16)2)15-22(35)29-19-12-18(8-9-21(19)36-25(26,27)28)20(34)13-23-30-31-24(37-23)17-6-4-3-5-7-17/h3-9,12,16H,10-11,13-15H2,1-2H3,(H,29,35). The average Bonchev–Trinajstić information content (AvgIpc) is 3.30. The van der Waals surface area contributed by atoms with E-state index in [0.29, 0.717) is 23.1 Å². The molecule has 1 aromatic heterocycles. The summed E-state index contributed by atoms with van der Waals surface area (Å²) in [5.41, 5.74) is 0.763. The highest BCUT2D eigenvalue weighted by Crippen LogP contribution is 2.32. The third kappa shape index (κ3) is 7.34. The van der Waals surface area contributed by atoms with Crippen molar-refractivity contribution in [2.24, 2.45) is 0 Å². The molecule has 0 bridgehead atoms. The van der Waals surface area contributed by atoms with Crippen LogP contribution in [0.3, 0.4) is 0 Å². The van der Waals surface area contributed by atoms with E-state index in [4.69, 9.17) is 0 Å². The number of Topliss-reactive ketones (excluding diaryl/α,β-unsaturated/α-hetero) is 1. The number of hydrogen-bond donors (Lipinski definition) is 1. The van der Waals surface area contributed by atoms with Crippen molar-refractivity contribution in [3.8, 4) is 16.3 Å². The average molecular weight is 534 g/mol. The van der Waals surface area contributed by atoms with Gasteiger partial charge in [0.25, 0.3) is 0 Å². The van der Waals surface area contributed by atoms with E-state index >= 15 is 0 Å². The Morgan fingerprint density at radius 3 is 2.59 bits per heavy atom. The fraction of sp³-hybridized carbons (Fsp3) is 0.360. The number of likely N-dealkylation sites (N-methyl/N-ethyl adjacent to an activating group) is 1. The van der Waals surface area contributed by atoms with Crippen molar-refractivity contribution in [1.29, 1.82) is 0 Å². The van der Waals surface area contributed by atoms with Crippen LogP contribution in [0.25, 0.3) is 10.6 Å². The van der Waals surface area contributed by atoms with Crippen LogP contribution in [0.1, 0.15) is 22.3 Å². The summed E-state index contributed by atoms with van der Waals surface area (Å²) >= 11 is 1.26. The van der Waals surface area contributed by atoms with Gasteiger partial charge in [-0.15, -0.1) is 23.4 Å². The highest BCUT2D eigenvalue weighted by atomic mass is 32.1. The maximum absolute atomic E-state index is 13.0. The van der Waals surface area contributed by atoms with Crippen LogP contribution in [0.5, 0.6) is 5.75 Å². The number of carbonyl (C=O) groups is 2. The second kappa shape index (κ2) is 11.4. The van der Waals surface area contributed by atoms with Gasteiger partial charge in [-0.05, 0) is 32.2 Å². The molecule has 196 valence electrons. The lowest BCUT2D eigenvalue weighted by Crippen LogP contribution is -2.51. The van der Waals surface area contributed by atoms with Crippen LogP contribution in [-0.4, -0.2) is 77.3 Å². The van der Waals surface area contributed by atoms with Crippen molar-refractivity contribution in [3.05, 3.63) is 59.1 Å². The first-order chi connectivity index (χ1) is 17.6. The number of alkyl halides is 3. The zero-order chi connectivity index (χ0) is 26.6. The minimum Gasteiger partial charge on any atom is -0.404 e. The van der Waals surface area contributed by atoms with Crippen LogP contribution in [0, 0.1) is 0 Å². The van der Waals surface area contributed by atoms with Crippen molar-refractivity contribution in [1.82, 2.24) is 20.0 Å². The predicted octanol–water partition coefficient (Wildman–Crippen LogP) is 4.10. The van der Waals surface area contributed by atoms with E-state index in [1.54, 1.807) is 0 Å². The van der Waals surface area contributed by atoms with Gasteiger partial charge in [-0.3, -0.25) is 14.5 Å². The summed E-state index contributed by atoms with van der Waals surface area (Å²) in [4.78, 5) is 29.7. The molecule has 1 unspecified atom stereocenters. The number of anilines is 1. The summed E-state index contributed by atoms with van der Waals surface area (Å²) in [6, 6.07) is 13.1. The number of piperazine rings is 1. The summed E-state index contributed by atoms with van der Waals surface area (Å²) in [6.07, 6.45) is -5.05. The van der Waals surface area contributed by atoms with E-state index in [-0.39, 0.29) is 36.0 Å². The lowest BCUT2D eigenvalue weighted by atomic mass is 10.1. The lowest BCUT2D eigenvalue weighted by molar-refractivity contribution is -0.274. The zero-order valence-electron chi connectivity index (χ0n) is 20.3. The van der Waals surface area contributed by atoms with Crippen LogP contribution in [-0.2, 0) is 11.2 Å². The smallest absolute Gasteiger partial charge is 0.404 e. The number of carbonyl (C=O) groups excluding carboxylic acids is 2. The van der Waals surface area contributed by atoms with Crippen LogP contribution in [0.4, 0.5) is 18.9 Å². The molecule has 2 heterocycles. The molecule has 0 saturated carbocycles. The maximum Gasteiger partial charge on any atom is 0.573 e. The first-order valence-electron chi connectivity index (χ1n) is 11.6. The number of rotatable bonds is 8. The Bertz CT molecular complexity index is 1250. The van der Waals surface area contributed by atoms with E-state index < -0.39 is 18.0 Å². The third-order valence-corrected chi connectivity index (χ3v) is 6.98. The molecular weight excluding hydrogens is 507 g/mol. The fourth-order valence-electron chi connectivity index (χ4n) is 3.94. The number of benzene rings is 2. The molecular formula is C25H26F3N5O3S. The maximum atomic E-state index is 13.0. The number of halogens is 3. The Morgan fingerprint density at radius 2 is 1.89 bits per heavy atom. The number of ether oxygens (including phenoxy) is 1. The van der Waals surface area contributed by atoms with Gasteiger partial charge in [0.15, 0.2) is 11.5 Å². The summed E-state index contributed by atoms with van der Waals surface area (Å²) in [6.45, 7) is 4.13. The zero-order valence-corrected chi connectivity index (χ0v) is 21.1. The Kier molecular flexibility index (Phi) is 8.20. The van der Waals surface area contributed by atoms with Crippen molar-refractivity contribution >= 4 is 28.7 Å². The minimum absolute atomic E-state index is 0.00879. The number of hydrogen-bond acceptors (Lipinski definition) is 8. The molecule has 3 aromatic rings. The van der Waals surface area contributed by atoms with E-state index in [1.807, 2.05) is 49.2 Å². The molecule has 2 aromatic carbocycles. The molecule has 8 nitrogen and oxygen atoms in total. The number of aromatic nitrogens is 2. The number of ketones is 1. The van der Waals surface area contributed by atoms with Crippen molar-refractivity contribution in [3.63, 3.8) is 0 Å².